The summed E-state index contributed by atoms with van der Waals surface area (Å²) in [5.74, 6) is -0.792. The van der Waals surface area contributed by atoms with E-state index in [1.807, 2.05) is 0 Å². The molecule has 8 N–H and O–H groups in total. The average molecular weight is 1060 g/mol. The molecule has 0 saturated heterocycles. The number of aromatic hydroxyl groups is 1. The lowest BCUT2D eigenvalue weighted by molar-refractivity contribution is -0.130. The number of hydrogen-bond acceptors (Lipinski definition) is 20. The van der Waals surface area contributed by atoms with Gasteiger partial charge in [0.25, 0.3) is 26.1 Å². The van der Waals surface area contributed by atoms with Crippen molar-refractivity contribution in [1.29, 1.82) is 0 Å². The molecule has 0 radical (unpaired) electrons. The molecule has 3 unspecified atom stereocenters. The quantitative estimate of drug-likeness (QED) is 0.0217. The van der Waals surface area contributed by atoms with Gasteiger partial charge in [-0.25, -0.2) is 13.2 Å². The zero-order chi connectivity index (χ0) is 51.6. The van der Waals surface area contributed by atoms with Crippen molar-refractivity contribution in [3.05, 3.63) is 91.0 Å². The summed E-state index contributed by atoms with van der Waals surface area (Å²) < 4.78 is 126. The number of rotatable bonds is 18. The maximum Gasteiger partial charge on any atom is 0.355 e. The minimum Gasteiger partial charge on any atom is -0.505 e. The monoisotopic (exact) mass is 1050 g/mol. The maximum absolute atomic E-state index is 13.3. The number of benzene rings is 6. The predicted molar refractivity (Wildman–Crippen MR) is 252 cm³/mol. The molecule has 0 saturated carbocycles. The van der Waals surface area contributed by atoms with E-state index in [2.05, 4.69) is 41.7 Å². The molecule has 1 aliphatic rings. The normalized spacial score (nSPS) is 15.8. The second-order valence-electron chi connectivity index (χ2n) is 14.5. The summed E-state index contributed by atoms with van der Waals surface area (Å²) in [5.41, 5.74) is -2.61. The maximum atomic E-state index is 13.3. The zero-order valence-electron chi connectivity index (χ0n) is 35.6. The SMILES string of the molecule is C=S(=O)(O)c1ccc(N2N=C(C(=O)O)C(N=Nc3ccc4c(O)c(N=Nc5cc(OCCO)c(N=Nc6ccc7c(S(=O)O)cccc7c6S(=O)(=O)O)cc5OCCO)c(S(=O)(=O)O)cc4c3)C2=O)cc1. The number of amides is 1. The van der Waals surface area contributed by atoms with Gasteiger partial charge < -0.3 is 39.0 Å². The van der Waals surface area contributed by atoms with E-state index in [9.17, 15) is 73.5 Å². The number of phenols is 1. The number of anilines is 1. The van der Waals surface area contributed by atoms with Crippen molar-refractivity contribution in [3.63, 3.8) is 0 Å². The lowest BCUT2D eigenvalue weighted by atomic mass is 10.1. The van der Waals surface area contributed by atoms with Crippen LogP contribution in [0.3, 0.4) is 0 Å². The second kappa shape index (κ2) is 20.4. The topological polar surface area (TPSA) is 407 Å². The van der Waals surface area contributed by atoms with Gasteiger partial charge in [0.2, 0.25) is 6.04 Å². The number of carbonyl (C=O) groups excluding carboxylic acids is 1. The molecule has 26 nitrogen and oxygen atoms in total. The number of carbonyl (C=O) groups is 2. The van der Waals surface area contributed by atoms with Crippen molar-refractivity contribution in [2.24, 2.45) is 35.8 Å². The van der Waals surface area contributed by atoms with Gasteiger partial charge in [-0.3, -0.25) is 13.9 Å². The van der Waals surface area contributed by atoms with Crippen LogP contribution >= 0.6 is 0 Å². The van der Waals surface area contributed by atoms with E-state index in [0.717, 1.165) is 30.3 Å². The molecule has 71 heavy (non-hydrogen) atoms. The van der Waals surface area contributed by atoms with E-state index >= 15 is 0 Å². The molecule has 6 aromatic carbocycles. The molecule has 1 amide bonds. The standard InChI is InChI=1S/C41H34N8O18S4/c1-69(58,59)24-8-6-23(7-9-24)49-40(53)36(37(48-49)41(54)55)47-42-22-5-10-25-21(17-22)18-34(70(60,61)62)35(38(25)52)46-45-30-20-31(66-15-13-50)29(19-32(30)67-16-14-51)44-43-28-12-11-26-27(39(28)71(63,64)65)3-2-4-33(26)68(56)57/h2-12,17-20,36,50-52H,1,13-16H2,(H,54,55)(H,56,57)(H,58,59)(H,60,61,62)(H,63,64,65). The summed E-state index contributed by atoms with van der Waals surface area (Å²) in [7, 11) is -13.9. The first kappa shape index (κ1) is 51.3. The highest BCUT2D eigenvalue weighted by Crippen LogP contribution is 2.46. The van der Waals surface area contributed by atoms with Crippen LogP contribution in [-0.2, 0) is 50.7 Å². The number of hydrazone groups is 1. The number of aliphatic carboxylic acids is 1. The molecule has 0 aromatic heterocycles. The Labute approximate surface area is 402 Å². The predicted octanol–water partition coefficient (Wildman–Crippen LogP) is 5.83. The van der Waals surface area contributed by atoms with Crippen molar-refractivity contribution in [2.75, 3.05) is 31.4 Å². The smallest absolute Gasteiger partial charge is 0.355 e. The number of carboxylic acids is 1. The second-order valence-corrected chi connectivity index (χ2v) is 19.9. The number of azo groups is 3. The molecule has 370 valence electrons. The molecular formula is C41H34N8O18S4. The van der Waals surface area contributed by atoms with Gasteiger partial charge in [-0.15, -0.1) is 20.5 Å². The minimum atomic E-state index is -5.24. The number of ether oxygens (including phenoxy) is 2. The van der Waals surface area contributed by atoms with Gasteiger partial charge in [-0.2, -0.15) is 37.2 Å². The lowest BCUT2D eigenvalue weighted by Crippen LogP contribution is -2.33. The van der Waals surface area contributed by atoms with E-state index in [1.165, 1.54) is 60.7 Å². The van der Waals surface area contributed by atoms with Crippen LogP contribution in [0.2, 0.25) is 0 Å². The summed E-state index contributed by atoms with van der Waals surface area (Å²) in [6, 6.07) is 16.0. The third-order valence-electron chi connectivity index (χ3n) is 9.84. The first-order chi connectivity index (χ1) is 33.5. The molecule has 1 heterocycles. The molecule has 0 spiro atoms. The molecule has 7 rings (SSSR count). The number of nitrogens with zero attached hydrogens (tertiary/aromatic N) is 8. The molecule has 3 atom stereocenters. The summed E-state index contributed by atoms with van der Waals surface area (Å²) in [6.07, 6.45) is 0. The Morgan fingerprint density at radius 3 is 1.92 bits per heavy atom. The molecule has 1 aliphatic heterocycles. The molecule has 30 heteroatoms. The Kier molecular flexibility index (Phi) is 14.8. The fourth-order valence-electron chi connectivity index (χ4n) is 6.75. The number of phenolic OH excluding ortho intramolecular Hbond substituents is 1. The molecule has 0 aliphatic carbocycles. The van der Waals surface area contributed by atoms with Crippen molar-refractivity contribution >= 4 is 120 Å². The lowest BCUT2D eigenvalue weighted by Gasteiger charge is -2.13. The number of aliphatic hydroxyl groups excluding tert-OH is 2. The first-order valence-corrected chi connectivity index (χ1v) is 25.4. The summed E-state index contributed by atoms with van der Waals surface area (Å²) >= 11 is -2.55. The Balaban J connectivity index is 1.25. The van der Waals surface area contributed by atoms with Crippen LogP contribution in [0.1, 0.15) is 0 Å². The van der Waals surface area contributed by atoms with Crippen LogP contribution in [0.5, 0.6) is 17.2 Å². The number of fused-ring (bicyclic) bond motifs is 2. The van der Waals surface area contributed by atoms with Crippen LogP contribution < -0.4 is 14.5 Å². The van der Waals surface area contributed by atoms with Gasteiger partial charge >= 0.3 is 5.97 Å². The molecule has 0 bridgehead atoms. The minimum absolute atomic E-state index is 0.00231. The third-order valence-corrected chi connectivity index (χ3v) is 13.4. The average Bonchev–Trinajstić information content (AvgIpc) is 3.65. The fourth-order valence-corrected chi connectivity index (χ4v) is 9.36. The van der Waals surface area contributed by atoms with Gasteiger partial charge in [0.15, 0.2) is 22.5 Å². The zero-order valence-corrected chi connectivity index (χ0v) is 38.9. The third kappa shape index (κ3) is 11.1. The Morgan fingerprint density at radius 2 is 1.35 bits per heavy atom. The van der Waals surface area contributed by atoms with Crippen LogP contribution in [0.25, 0.3) is 21.5 Å². The van der Waals surface area contributed by atoms with Crippen LogP contribution in [0.4, 0.5) is 34.1 Å². The summed E-state index contributed by atoms with van der Waals surface area (Å²) in [5, 5.41) is 68.3. The van der Waals surface area contributed by atoms with E-state index in [-0.39, 0.29) is 72.2 Å². The Hall–Kier alpha value is -7.52. The van der Waals surface area contributed by atoms with Crippen LogP contribution in [0.15, 0.2) is 146 Å². The number of hydrogen-bond donors (Lipinski definition) is 8. The highest BCUT2D eigenvalue weighted by atomic mass is 32.2. The van der Waals surface area contributed by atoms with E-state index in [4.69, 9.17) is 9.47 Å². The number of aliphatic hydroxyl groups is 2. The van der Waals surface area contributed by atoms with Gasteiger partial charge in [-0.1, -0.05) is 18.2 Å². The van der Waals surface area contributed by atoms with Gasteiger partial charge in [0, 0.05) is 28.3 Å². The number of carboxylic acid groups (broad SMARTS) is 1. The Morgan fingerprint density at radius 1 is 0.746 bits per heavy atom. The fraction of sp³-hybridized carbons (Fsp3) is 0.122. The van der Waals surface area contributed by atoms with Crippen molar-refractivity contribution in [2.45, 2.75) is 25.6 Å². The van der Waals surface area contributed by atoms with Crippen molar-refractivity contribution < 1.29 is 83.0 Å². The van der Waals surface area contributed by atoms with Crippen LogP contribution in [-0.4, -0.2) is 120 Å². The largest absolute Gasteiger partial charge is 0.505 e. The van der Waals surface area contributed by atoms with E-state index < -0.39 is 111 Å². The van der Waals surface area contributed by atoms with Gasteiger partial charge in [0.1, 0.15) is 67.1 Å². The first-order valence-electron chi connectivity index (χ1n) is 19.7. The van der Waals surface area contributed by atoms with Crippen molar-refractivity contribution in [3.8, 4) is 17.2 Å². The van der Waals surface area contributed by atoms with E-state index in [0.29, 0.717) is 5.01 Å². The molecule has 6 aromatic rings. The van der Waals surface area contributed by atoms with Crippen molar-refractivity contribution in [1.82, 2.24) is 0 Å². The van der Waals surface area contributed by atoms with E-state index in [1.54, 1.807) is 0 Å². The molecular weight excluding hydrogens is 1020 g/mol. The highest BCUT2D eigenvalue weighted by molar-refractivity contribution is 7.95. The van der Waals surface area contributed by atoms with Gasteiger partial charge in [-0.05, 0) is 71.9 Å². The van der Waals surface area contributed by atoms with Crippen LogP contribution in [0, 0.1) is 0 Å². The highest BCUT2D eigenvalue weighted by Gasteiger charge is 2.41. The summed E-state index contributed by atoms with van der Waals surface area (Å²) in [4.78, 5) is 23.4. The molecule has 0 fully saturated rings. The summed E-state index contributed by atoms with van der Waals surface area (Å²) in [6.45, 7) is -1.87. The Bertz CT molecular complexity index is 3670. The van der Waals surface area contributed by atoms with Gasteiger partial charge in [0.05, 0.1) is 34.4 Å².